The number of nitrogens with one attached hydrogen (secondary N) is 1. The van der Waals surface area contributed by atoms with Crippen LogP contribution in [0.5, 0.6) is 11.5 Å². The highest BCUT2D eigenvalue weighted by Crippen LogP contribution is 2.18. The maximum atomic E-state index is 12.1. The zero-order valence-electron chi connectivity index (χ0n) is 15.7. The van der Waals surface area contributed by atoms with Crippen molar-refractivity contribution < 1.29 is 14.3 Å². The van der Waals surface area contributed by atoms with E-state index in [2.05, 4.69) is 17.4 Å². The van der Waals surface area contributed by atoms with Crippen LogP contribution in [0.15, 0.2) is 36.4 Å². The maximum Gasteiger partial charge on any atom is 0.260 e. The summed E-state index contributed by atoms with van der Waals surface area (Å²) in [5, 5.41) is 2.84. The summed E-state index contributed by atoms with van der Waals surface area (Å²) in [7, 11) is 0. The molecule has 4 nitrogen and oxygen atoms in total. The second-order valence-corrected chi connectivity index (χ2v) is 6.55. The fourth-order valence-electron chi connectivity index (χ4n) is 2.76. The summed E-state index contributed by atoms with van der Waals surface area (Å²) in [4.78, 5) is 12.1. The first-order valence-corrected chi connectivity index (χ1v) is 8.57. The van der Waals surface area contributed by atoms with Crippen molar-refractivity contribution in [1.82, 2.24) is 5.32 Å². The molecule has 2 aromatic carbocycles. The Balaban J connectivity index is 1.77. The molecule has 0 aromatic heterocycles. The number of benzene rings is 2. The lowest BCUT2D eigenvalue weighted by Crippen LogP contribution is -2.38. The molecule has 2 rings (SSSR count). The van der Waals surface area contributed by atoms with Crippen molar-refractivity contribution in [2.24, 2.45) is 0 Å². The van der Waals surface area contributed by atoms with Crippen LogP contribution in [-0.4, -0.2) is 25.2 Å². The van der Waals surface area contributed by atoms with Crippen molar-refractivity contribution in [2.75, 3.05) is 13.2 Å². The summed E-state index contributed by atoms with van der Waals surface area (Å²) in [6.45, 7) is 10.7. The minimum Gasteiger partial charge on any atom is -0.492 e. The van der Waals surface area contributed by atoms with Crippen molar-refractivity contribution in [3.63, 3.8) is 0 Å². The summed E-state index contributed by atoms with van der Waals surface area (Å²) >= 11 is 0. The van der Waals surface area contributed by atoms with Crippen molar-refractivity contribution in [2.45, 2.75) is 40.7 Å². The molecule has 0 radical (unpaired) electrons. The number of rotatable bonds is 7. The van der Waals surface area contributed by atoms with Gasteiger partial charge in [0.15, 0.2) is 6.10 Å². The Morgan fingerprint density at radius 3 is 1.88 bits per heavy atom. The van der Waals surface area contributed by atoms with E-state index in [9.17, 15) is 4.79 Å². The number of hydrogen-bond donors (Lipinski definition) is 1. The normalized spacial score (nSPS) is 11.7. The maximum absolute atomic E-state index is 12.1. The molecule has 0 heterocycles. The van der Waals surface area contributed by atoms with Crippen LogP contribution < -0.4 is 14.8 Å². The van der Waals surface area contributed by atoms with Gasteiger partial charge in [-0.1, -0.05) is 12.1 Å². The molecular formula is C21H27NO3. The molecule has 0 fully saturated rings. The molecule has 0 aliphatic carbocycles. The number of carbonyl (C=O) groups excluding carboxylic acids is 1. The van der Waals surface area contributed by atoms with E-state index in [0.29, 0.717) is 18.9 Å². The van der Waals surface area contributed by atoms with E-state index >= 15 is 0 Å². The molecule has 0 saturated carbocycles. The first-order valence-electron chi connectivity index (χ1n) is 8.57. The van der Waals surface area contributed by atoms with E-state index in [1.807, 2.05) is 52.0 Å². The van der Waals surface area contributed by atoms with E-state index in [4.69, 9.17) is 9.47 Å². The predicted molar refractivity (Wildman–Crippen MR) is 100 cm³/mol. The highest BCUT2D eigenvalue weighted by atomic mass is 16.5. The van der Waals surface area contributed by atoms with Gasteiger partial charge in [-0.15, -0.1) is 0 Å². The van der Waals surface area contributed by atoms with Gasteiger partial charge < -0.3 is 14.8 Å². The molecule has 0 aliphatic heterocycles. The minimum atomic E-state index is -0.553. The van der Waals surface area contributed by atoms with Crippen molar-refractivity contribution >= 4 is 5.91 Å². The molecule has 0 saturated heterocycles. The monoisotopic (exact) mass is 341 g/mol. The van der Waals surface area contributed by atoms with E-state index in [1.54, 1.807) is 6.92 Å². The lowest BCUT2D eigenvalue weighted by molar-refractivity contribution is -0.127. The Kier molecular flexibility index (Phi) is 6.45. The van der Waals surface area contributed by atoms with Gasteiger partial charge in [-0.3, -0.25) is 4.79 Å². The van der Waals surface area contributed by atoms with Gasteiger partial charge in [0.25, 0.3) is 5.91 Å². The third-order valence-electron chi connectivity index (χ3n) is 3.74. The third-order valence-corrected chi connectivity index (χ3v) is 3.74. The van der Waals surface area contributed by atoms with Gasteiger partial charge in [0.1, 0.15) is 18.1 Å². The van der Waals surface area contributed by atoms with Crippen LogP contribution in [0, 0.1) is 27.7 Å². The van der Waals surface area contributed by atoms with Gasteiger partial charge in [0.2, 0.25) is 0 Å². The predicted octanol–water partition coefficient (Wildman–Crippen LogP) is 3.88. The average Bonchev–Trinajstić information content (AvgIpc) is 2.49. The molecule has 25 heavy (non-hydrogen) atoms. The Morgan fingerprint density at radius 1 is 0.880 bits per heavy atom. The van der Waals surface area contributed by atoms with Crippen LogP contribution in [0.2, 0.25) is 0 Å². The topological polar surface area (TPSA) is 47.6 Å². The summed E-state index contributed by atoms with van der Waals surface area (Å²) in [5.41, 5.74) is 4.55. The number of amides is 1. The summed E-state index contributed by atoms with van der Waals surface area (Å²) in [6.07, 6.45) is -0.553. The van der Waals surface area contributed by atoms with Crippen molar-refractivity contribution in [1.29, 1.82) is 0 Å². The van der Waals surface area contributed by atoms with Gasteiger partial charge in [-0.2, -0.15) is 0 Å². The molecular weight excluding hydrogens is 314 g/mol. The second-order valence-electron chi connectivity index (χ2n) is 6.55. The standard InChI is InChI=1S/C21H27NO3/c1-14-8-15(2)11-19(10-14)24-7-6-22-21(23)18(5)25-20-12-16(3)9-17(4)13-20/h8-13,18H,6-7H2,1-5H3,(H,22,23)/t18-/m1/s1. The van der Waals surface area contributed by atoms with Crippen molar-refractivity contribution in [3.05, 3.63) is 58.7 Å². The summed E-state index contributed by atoms with van der Waals surface area (Å²) < 4.78 is 11.4. The molecule has 1 atom stereocenters. The van der Waals surface area contributed by atoms with Crippen LogP contribution in [0.3, 0.4) is 0 Å². The molecule has 0 unspecified atom stereocenters. The zero-order chi connectivity index (χ0) is 18.4. The Morgan fingerprint density at radius 2 is 1.36 bits per heavy atom. The van der Waals surface area contributed by atoms with E-state index < -0.39 is 6.10 Å². The minimum absolute atomic E-state index is 0.150. The Hall–Kier alpha value is -2.49. The van der Waals surface area contributed by atoms with Gasteiger partial charge in [0.05, 0.1) is 6.54 Å². The number of hydrogen-bond acceptors (Lipinski definition) is 3. The van der Waals surface area contributed by atoms with Gasteiger partial charge in [-0.25, -0.2) is 0 Å². The van der Waals surface area contributed by atoms with E-state index in [1.165, 1.54) is 0 Å². The molecule has 4 heteroatoms. The smallest absolute Gasteiger partial charge is 0.260 e. The quantitative estimate of drug-likeness (QED) is 0.778. The average molecular weight is 341 g/mol. The SMILES string of the molecule is Cc1cc(C)cc(OCCNC(=O)[C@@H](C)Oc2cc(C)cc(C)c2)c1. The lowest BCUT2D eigenvalue weighted by Gasteiger charge is -2.16. The highest BCUT2D eigenvalue weighted by Gasteiger charge is 2.14. The molecule has 0 aliphatic rings. The van der Waals surface area contributed by atoms with Gasteiger partial charge >= 0.3 is 0 Å². The molecule has 1 amide bonds. The molecule has 2 aromatic rings. The van der Waals surface area contributed by atoms with E-state index in [-0.39, 0.29) is 5.91 Å². The molecule has 0 bridgehead atoms. The first-order chi connectivity index (χ1) is 11.8. The van der Waals surface area contributed by atoms with Crippen LogP contribution in [-0.2, 0) is 4.79 Å². The first kappa shape index (κ1) is 18.8. The second kappa shape index (κ2) is 8.56. The molecule has 1 N–H and O–H groups in total. The van der Waals surface area contributed by atoms with Crippen molar-refractivity contribution in [3.8, 4) is 11.5 Å². The van der Waals surface area contributed by atoms with Crippen LogP contribution in [0.4, 0.5) is 0 Å². The number of carbonyl (C=O) groups is 1. The van der Waals surface area contributed by atoms with Crippen LogP contribution in [0.25, 0.3) is 0 Å². The lowest BCUT2D eigenvalue weighted by atomic mass is 10.1. The van der Waals surface area contributed by atoms with E-state index in [0.717, 1.165) is 28.0 Å². The zero-order valence-corrected chi connectivity index (χ0v) is 15.7. The molecule has 134 valence electrons. The fourth-order valence-corrected chi connectivity index (χ4v) is 2.76. The van der Waals surface area contributed by atoms with Gasteiger partial charge in [0, 0.05) is 0 Å². The number of ether oxygens (including phenoxy) is 2. The Labute approximate surface area is 150 Å². The molecule has 0 spiro atoms. The summed E-state index contributed by atoms with van der Waals surface area (Å²) in [6, 6.07) is 12.0. The third kappa shape index (κ3) is 6.14. The largest absolute Gasteiger partial charge is 0.492 e. The highest BCUT2D eigenvalue weighted by molar-refractivity contribution is 5.80. The number of aryl methyl sites for hydroxylation is 4. The summed E-state index contributed by atoms with van der Waals surface area (Å²) in [5.74, 6) is 1.39. The van der Waals surface area contributed by atoms with Crippen LogP contribution >= 0.6 is 0 Å². The van der Waals surface area contributed by atoms with Crippen LogP contribution in [0.1, 0.15) is 29.2 Å². The fraction of sp³-hybridized carbons (Fsp3) is 0.381. The Bertz CT molecular complexity index is 699. The van der Waals surface area contributed by atoms with Gasteiger partial charge in [-0.05, 0) is 81.1 Å².